The quantitative estimate of drug-likeness (QED) is 0.707. The van der Waals surface area contributed by atoms with E-state index in [1.165, 1.54) is 11.3 Å². The second-order valence-corrected chi connectivity index (χ2v) is 6.51. The number of anilines is 1. The molecule has 3 rings (SSSR count). The Kier molecular flexibility index (Phi) is 5.30. The van der Waals surface area contributed by atoms with Crippen LogP contribution >= 0.6 is 34.5 Å². The average Bonchev–Trinajstić information content (AvgIpc) is 3.02. The van der Waals surface area contributed by atoms with Crippen molar-refractivity contribution >= 4 is 45.6 Å². The third kappa shape index (κ3) is 4.23. The highest BCUT2D eigenvalue weighted by Gasteiger charge is 2.12. The van der Waals surface area contributed by atoms with E-state index in [1.54, 1.807) is 30.3 Å². The molecule has 0 aliphatic carbocycles. The average molecular weight is 380 g/mol. The Balaban J connectivity index is 1.62. The predicted octanol–water partition coefficient (Wildman–Crippen LogP) is 4.53. The maximum atomic E-state index is 11.9. The molecular weight excluding hydrogens is 369 g/mol. The van der Waals surface area contributed by atoms with E-state index in [0.29, 0.717) is 31.5 Å². The first kappa shape index (κ1) is 16.7. The van der Waals surface area contributed by atoms with Gasteiger partial charge in [0.25, 0.3) is 5.91 Å². The van der Waals surface area contributed by atoms with Crippen LogP contribution < -0.4 is 10.1 Å². The van der Waals surface area contributed by atoms with Crippen LogP contribution in [0.25, 0.3) is 10.6 Å². The highest BCUT2D eigenvalue weighted by atomic mass is 35.5. The Morgan fingerprint density at radius 1 is 1.12 bits per heavy atom. The number of hydrogen-bond donors (Lipinski definition) is 1. The van der Waals surface area contributed by atoms with Gasteiger partial charge in [-0.2, -0.15) is 0 Å². The molecule has 8 heteroatoms. The van der Waals surface area contributed by atoms with Crippen LogP contribution in [0.5, 0.6) is 5.75 Å². The smallest absolute Gasteiger partial charge is 0.264 e. The van der Waals surface area contributed by atoms with Crippen LogP contribution in [0, 0.1) is 0 Å². The highest BCUT2D eigenvalue weighted by Crippen LogP contribution is 2.33. The van der Waals surface area contributed by atoms with Gasteiger partial charge in [0.1, 0.15) is 5.75 Å². The van der Waals surface area contributed by atoms with Crippen LogP contribution in [0.1, 0.15) is 0 Å². The molecule has 1 amide bonds. The fraction of sp³-hybridized carbons (Fsp3) is 0.0625. The van der Waals surface area contributed by atoms with Gasteiger partial charge in [-0.3, -0.25) is 10.1 Å². The third-order valence-corrected chi connectivity index (χ3v) is 4.37. The van der Waals surface area contributed by atoms with E-state index in [9.17, 15) is 4.79 Å². The van der Waals surface area contributed by atoms with Crippen molar-refractivity contribution in [1.29, 1.82) is 0 Å². The third-order valence-electron chi connectivity index (χ3n) is 2.95. The molecule has 3 aromatic rings. The van der Waals surface area contributed by atoms with E-state index < -0.39 is 0 Å². The summed E-state index contributed by atoms with van der Waals surface area (Å²) in [4.78, 5) is 11.9. The number of nitrogens with zero attached hydrogens (tertiary/aromatic N) is 2. The Morgan fingerprint density at radius 2 is 1.92 bits per heavy atom. The van der Waals surface area contributed by atoms with Crippen molar-refractivity contribution in [3.05, 3.63) is 58.6 Å². The maximum absolute atomic E-state index is 11.9. The van der Waals surface area contributed by atoms with Gasteiger partial charge >= 0.3 is 0 Å². The lowest BCUT2D eigenvalue weighted by molar-refractivity contribution is -0.118. The zero-order valence-corrected chi connectivity index (χ0v) is 14.5. The van der Waals surface area contributed by atoms with E-state index in [0.717, 1.165) is 0 Å². The lowest BCUT2D eigenvalue weighted by atomic mass is 10.2. The largest absolute Gasteiger partial charge is 0.484 e. The Hall–Kier alpha value is -2.15. The Morgan fingerprint density at radius 3 is 2.67 bits per heavy atom. The van der Waals surface area contributed by atoms with Crippen molar-refractivity contribution in [3.63, 3.8) is 0 Å². The number of rotatable bonds is 5. The molecule has 0 saturated heterocycles. The summed E-state index contributed by atoms with van der Waals surface area (Å²) >= 11 is 13.2. The van der Waals surface area contributed by atoms with Crippen LogP contribution in [-0.2, 0) is 4.79 Å². The molecule has 5 nitrogen and oxygen atoms in total. The minimum atomic E-state index is -0.316. The Labute approximate surface area is 152 Å². The molecular formula is C16H11Cl2N3O2S. The van der Waals surface area contributed by atoms with Crippen molar-refractivity contribution in [3.8, 4) is 16.3 Å². The lowest BCUT2D eigenvalue weighted by Crippen LogP contribution is -2.20. The van der Waals surface area contributed by atoms with Gasteiger partial charge in [0.2, 0.25) is 5.13 Å². The summed E-state index contributed by atoms with van der Waals surface area (Å²) in [5, 5.41) is 12.6. The molecule has 0 aliphatic rings. The second kappa shape index (κ2) is 7.61. The number of nitrogens with one attached hydrogen (secondary N) is 1. The molecule has 122 valence electrons. The molecule has 1 heterocycles. The number of para-hydroxylation sites is 1. The molecule has 0 spiro atoms. The summed E-state index contributed by atoms with van der Waals surface area (Å²) in [6, 6.07) is 14.2. The Bertz CT molecular complexity index is 856. The lowest BCUT2D eigenvalue weighted by Gasteiger charge is -2.04. The van der Waals surface area contributed by atoms with Crippen LogP contribution in [0.4, 0.5) is 5.13 Å². The molecule has 1 aromatic heterocycles. The molecule has 0 bridgehead atoms. The van der Waals surface area contributed by atoms with Crippen LogP contribution in [0.3, 0.4) is 0 Å². The monoisotopic (exact) mass is 379 g/mol. The number of carbonyl (C=O) groups excluding carboxylic acids is 1. The van der Waals surface area contributed by atoms with Gasteiger partial charge in [-0.05, 0) is 30.3 Å². The van der Waals surface area contributed by atoms with E-state index in [1.807, 2.05) is 18.2 Å². The van der Waals surface area contributed by atoms with Crippen molar-refractivity contribution in [2.24, 2.45) is 0 Å². The summed E-state index contributed by atoms with van der Waals surface area (Å²) < 4.78 is 5.37. The summed E-state index contributed by atoms with van der Waals surface area (Å²) in [7, 11) is 0. The normalized spacial score (nSPS) is 10.4. The van der Waals surface area contributed by atoms with Gasteiger partial charge in [-0.15, -0.1) is 10.2 Å². The summed E-state index contributed by atoms with van der Waals surface area (Å²) in [6.45, 7) is -0.110. The van der Waals surface area contributed by atoms with Gasteiger partial charge in [0.05, 0.1) is 5.02 Å². The van der Waals surface area contributed by atoms with Crippen molar-refractivity contribution in [2.75, 3.05) is 11.9 Å². The highest BCUT2D eigenvalue weighted by molar-refractivity contribution is 7.18. The van der Waals surface area contributed by atoms with E-state index in [2.05, 4.69) is 15.5 Å². The zero-order chi connectivity index (χ0) is 16.9. The van der Waals surface area contributed by atoms with Gasteiger partial charge in [-0.1, -0.05) is 52.7 Å². The van der Waals surface area contributed by atoms with E-state index in [-0.39, 0.29) is 12.5 Å². The molecule has 0 fully saturated rings. The SMILES string of the molecule is O=C(COc1ccccc1)Nc1nnc(-c2ccc(Cl)cc2Cl)s1. The fourth-order valence-corrected chi connectivity index (χ4v) is 3.22. The molecule has 0 aliphatic heterocycles. The van der Waals surface area contributed by atoms with Crippen molar-refractivity contribution in [2.45, 2.75) is 0 Å². The molecule has 0 radical (unpaired) electrons. The summed E-state index contributed by atoms with van der Waals surface area (Å²) in [5.74, 6) is 0.308. The standard InChI is InChI=1S/C16H11Cl2N3O2S/c17-10-6-7-12(13(18)8-10)15-20-21-16(24-15)19-14(22)9-23-11-4-2-1-3-5-11/h1-8H,9H2,(H,19,21,22). The topological polar surface area (TPSA) is 64.1 Å². The molecule has 2 aromatic carbocycles. The minimum absolute atomic E-state index is 0.110. The van der Waals surface area contributed by atoms with Crippen LogP contribution in [0.15, 0.2) is 48.5 Å². The molecule has 0 unspecified atom stereocenters. The van der Waals surface area contributed by atoms with Gasteiger partial charge in [0.15, 0.2) is 11.6 Å². The molecule has 1 N–H and O–H groups in total. The molecule has 0 saturated carbocycles. The van der Waals surface area contributed by atoms with E-state index >= 15 is 0 Å². The van der Waals surface area contributed by atoms with Gasteiger partial charge in [0, 0.05) is 10.6 Å². The van der Waals surface area contributed by atoms with Crippen molar-refractivity contribution in [1.82, 2.24) is 10.2 Å². The summed E-state index contributed by atoms with van der Waals surface area (Å²) in [6.07, 6.45) is 0. The van der Waals surface area contributed by atoms with E-state index in [4.69, 9.17) is 27.9 Å². The van der Waals surface area contributed by atoms with Crippen LogP contribution in [0.2, 0.25) is 10.0 Å². The van der Waals surface area contributed by atoms with Crippen LogP contribution in [-0.4, -0.2) is 22.7 Å². The maximum Gasteiger partial charge on any atom is 0.264 e. The van der Waals surface area contributed by atoms with Crippen molar-refractivity contribution < 1.29 is 9.53 Å². The first-order valence-corrected chi connectivity index (χ1v) is 8.46. The number of hydrogen-bond acceptors (Lipinski definition) is 5. The molecule has 0 atom stereocenters. The number of carbonyl (C=O) groups is 1. The fourth-order valence-electron chi connectivity index (χ4n) is 1.87. The van der Waals surface area contributed by atoms with Gasteiger partial charge < -0.3 is 4.74 Å². The number of benzene rings is 2. The number of halogens is 2. The summed E-state index contributed by atoms with van der Waals surface area (Å²) in [5.41, 5.74) is 0.708. The van der Waals surface area contributed by atoms with Gasteiger partial charge in [-0.25, -0.2) is 0 Å². The predicted molar refractivity (Wildman–Crippen MR) is 95.9 cm³/mol. The second-order valence-electron chi connectivity index (χ2n) is 4.69. The zero-order valence-electron chi connectivity index (χ0n) is 12.2. The first-order chi connectivity index (χ1) is 11.6. The number of ether oxygens (including phenoxy) is 1. The molecule has 24 heavy (non-hydrogen) atoms. The number of aromatic nitrogens is 2. The number of amides is 1. The first-order valence-electron chi connectivity index (χ1n) is 6.88. The minimum Gasteiger partial charge on any atom is -0.484 e.